The van der Waals surface area contributed by atoms with E-state index in [1.807, 2.05) is 0 Å². The van der Waals surface area contributed by atoms with Gasteiger partial charge < -0.3 is 21.3 Å². The Hall–Kier alpha value is -2.24. The zero-order chi connectivity index (χ0) is 12.0. The first-order valence-electron chi connectivity index (χ1n) is 4.73. The summed E-state index contributed by atoms with van der Waals surface area (Å²) < 4.78 is 0. The number of hydrogen-bond acceptors (Lipinski definition) is 2. The molecule has 0 radical (unpaired) electrons. The van der Waals surface area contributed by atoms with E-state index in [1.54, 1.807) is 24.3 Å². The maximum atomic E-state index is 11.0. The second kappa shape index (κ2) is 5.59. The molecule has 1 rings (SSSR count). The van der Waals surface area contributed by atoms with Crippen LogP contribution in [0.25, 0.3) is 0 Å². The summed E-state index contributed by atoms with van der Waals surface area (Å²) in [6, 6.07) is 6.21. The molecule has 6 heteroatoms. The Bertz CT molecular complexity index is 338. The summed E-state index contributed by atoms with van der Waals surface area (Å²) in [4.78, 5) is 22.0. The number of carbonyl (C=O) groups is 2. The van der Waals surface area contributed by atoms with Gasteiger partial charge in [-0.15, -0.1) is 0 Å². The third-order valence-corrected chi connectivity index (χ3v) is 1.85. The van der Waals surface area contributed by atoms with E-state index in [-0.39, 0.29) is 12.1 Å². The fourth-order valence-corrected chi connectivity index (χ4v) is 1.02. The first-order valence-corrected chi connectivity index (χ1v) is 4.73. The van der Waals surface area contributed by atoms with Gasteiger partial charge in [0.2, 0.25) is 0 Å². The lowest BCUT2D eigenvalue weighted by Crippen LogP contribution is -2.25. The van der Waals surface area contributed by atoms with E-state index in [0.29, 0.717) is 11.4 Å². The van der Waals surface area contributed by atoms with E-state index in [1.165, 1.54) is 14.1 Å². The molecule has 0 heterocycles. The number of nitrogens with one attached hydrogen (secondary N) is 4. The zero-order valence-corrected chi connectivity index (χ0v) is 9.13. The summed E-state index contributed by atoms with van der Waals surface area (Å²) in [5, 5.41) is 10.1. The summed E-state index contributed by atoms with van der Waals surface area (Å²) in [7, 11) is 3.08. The highest BCUT2D eigenvalue weighted by atomic mass is 16.2. The molecule has 0 aliphatic heterocycles. The summed E-state index contributed by atoms with van der Waals surface area (Å²) >= 11 is 0. The Balaban J connectivity index is 2.60. The smallest absolute Gasteiger partial charge is 0.318 e. The SMILES string of the molecule is CNC(=O)Nc1ccc(NC(=O)NC)cc1. The number of benzene rings is 1. The molecule has 1 aromatic carbocycles. The van der Waals surface area contributed by atoms with E-state index in [0.717, 1.165) is 0 Å². The molecule has 4 amide bonds. The van der Waals surface area contributed by atoms with Gasteiger partial charge in [0.15, 0.2) is 0 Å². The van der Waals surface area contributed by atoms with E-state index >= 15 is 0 Å². The molecule has 0 saturated heterocycles. The molecule has 4 N–H and O–H groups in total. The van der Waals surface area contributed by atoms with Crippen LogP contribution in [0.3, 0.4) is 0 Å². The monoisotopic (exact) mass is 222 g/mol. The topological polar surface area (TPSA) is 82.3 Å². The van der Waals surface area contributed by atoms with Gasteiger partial charge in [0.05, 0.1) is 0 Å². The molecule has 16 heavy (non-hydrogen) atoms. The number of urea groups is 2. The zero-order valence-electron chi connectivity index (χ0n) is 9.13. The van der Waals surface area contributed by atoms with Crippen molar-refractivity contribution in [2.24, 2.45) is 0 Å². The molecule has 6 nitrogen and oxygen atoms in total. The van der Waals surface area contributed by atoms with Crippen LogP contribution in [0.15, 0.2) is 24.3 Å². The van der Waals surface area contributed by atoms with Crippen molar-refractivity contribution in [1.29, 1.82) is 0 Å². The van der Waals surface area contributed by atoms with Crippen LogP contribution in [-0.4, -0.2) is 26.2 Å². The third kappa shape index (κ3) is 3.49. The van der Waals surface area contributed by atoms with Crippen molar-refractivity contribution in [2.45, 2.75) is 0 Å². The highest BCUT2D eigenvalue weighted by Crippen LogP contribution is 2.13. The highest BCUT2D eigenvalue weighted by Gasteiger charge is 2.00. The number of amides is 4. The molecule has 0 bridgehead atoms. The standard InChI is InChI=1S/C10H14N4O2/c1-11-9(15)13-7-3-5-8(6-4-7)14-10(16)12-2/h3-6H,1-2H3,(H2,11,13,15)(H2,12,14,16). The minimum Gasteiger partial charge on any atom is -0.341 e. The van der Waals surface area contributed by atoms with Gasteiger partial charge in [0, 0.05) is 25.5 Å². The first-order chi connectivity index (χ1) is 7.65. The van der Waals surface area contributed by atoms with Gasteiger partial charge in [0.25, 0.3) is 0 Å². The molecule has 1 aromatic rings. The Morgan fingerprint density at radius 2 is 1.12 bits per heavy atom. The minimum atomic E-state index is -0.285. The van der Waals surface area contributed by atoms with Crippen LogP contribution in [-0.2, 0) is 0 Å². The molecular weight excluding hydrogens is 208 g/mol. The Morgan fingerprint density at radius 3 is 1.38 bits per heavy atom. The largest absolute Gasteiger partial charge is 0.341 e. The van der Waals surface area contributed by atoms with Crippen molar-refractivity contribution in [2.75, 3.05) is 24.7 Å². The molecule has 0 saturated carbocycles. The van der Waals surface area contributed by atoms with Crippen LogP contribution in [0.4, 0.5) is 21.0 Å². The van der Waals surface area contributed by atoms with E-state index in [4.69, 9.17) is 0 Å². The number of rotatable bonds is 2. The molecular formula is C10H14N4O2. The van der Waals surface area contributed by atoms with Crippen LogP contribution in [0, 0.1) is 0 Å². The summed E-state index contributed by atoms with van der Waals surface area (Å²) in [5.74, 6) is 0. The second-order valence-corrected chi connectivity index (χ2v) is 2.99. The average Bonchev–Trinajstić information content (AvgIpc) is 2.31. The molecule has 0 aliphatic rings. The van der Waals surface area contributed by atoms with Crippen molar-refractivity contribution < 1.29 is 9.59 Å². The van der Waals surface area contributed by atoms with Crippen LogP contribution in [0.5, 0.6) is 0 Å². The summed E-state index contributed by atoms with van der Waals surface area (Å²) in [6.45, 7) is 0. The Labute approximate surface area is 93.4 Å². The van der Waals surface area contributed by atoms with Crippen molar-refractivity contribution in [3.8, 4) is 0 Å². The van der Waals surface area contributed by atoms with Crippen molar-refractivity contribution in [1.82, 2.24) is 10.6 Å². The molecule has 0 unspecified atom stereocenters. The number of anilines is 2. The lowest BCUT2D eigenvalue weighted by molar-refractivity contribution is 0.253. The Morgan fingerprint density at radius 1 is 0.812 bits per heavy atom. The quantitative estimate of drug-likeness (QED) is 0.606. The fraction of sp³-hybridized carbons (Fsp3) is 0.200. The van der Waals surface area contributed by atoms with Gasteiger partial charge in [0.1, 0.15) is 0 Å². The maximum absolute atomic E-state index is 11.0. The molecule has 0 aromatic heterocycles. The highest BCUT2D eigenvalue weighted by molar-refractivity contribution is 5.91. The van der Waals surface area contributed by atoms with Crippen molar-refractivity contribution in [3.05, 3.63) is 24.3 Å². The fourth-order valence-electron chi connectivity index (χ4n) is 1.02. The maximum Gasteiger partial charge on any atom is 0.318 e. The van der Waals surface area contributed by atoms with E-state index < -0.39 is 0 Å². The number of carbonyl (C=O) groups excluding carboxylic acids is 2. The normalized spacial score (nSPS) is 9.12. The molecule has 0 aliphatic carbocycles. The van der Waals surface area contributed by atoms with Gasteiger partial charge in [-0.05, 0) is 24.3 Å². The van der Waals surface area contributed by atoms with Crippen molar-refractivity contribution >= 4 is 23.4 Å². The lowest BCUT2D eigenvalue weighted by Gasteiger charge is -2.06. The predicted octanol–water partition coefficient (Wildman–Crippen LogP) is 1.19. The predicted molar refractivity (Wildman–Crippen MR) is 62.6 cm³/mol. The third-order valence-electron chi connectivity index (χ3n) is 1.85. The molecule has 86 valence electrons. The summed E-state index contributed by atoms with van der Waals surface area (Å²) in [6.07, 6.45) is 0. The van der Waals surface area contributed by atoms with Gasteiger partial charge >= 0.3 is 12.1 Å². The number of hydrogen-bond donors (Lipinski definition) is 4. The van der Waals surface area contributed by atoms with Crippen LogP contribution in [0.1, 0.15) is 0 Å². The lowest BCUT2D eigenvalue weighted by atomic mass is 10.3. The van der Waals surface area contributed by atoms with Gasteiger partial charge in [-0.1, -0.05) is 0 Å². The molecule has 0 spiro atoms. The van der Waals surface area contributed by atoms with E-state index in [2.05, 4.69) is 21.3 Å². The van der Waals surface area contributed by atoms with Gasteiger partial charge in [-0.25, -0.2) is 9.59 Å². The first kappa shape index (κ1) is 11.8. The van der Waals surface area contributed by atoms with Crippen LogP contribution >= 0.6 is 0 Å². The van der Waals surface area contributed by atoms with Crippen molar-refractivity contribution in [3.63, 3.8) is 0 Å². The van der Waals surface area contributed by atoms with Crippen LogP contribution in [0.2, 0.25) is 0 Å². The second-order valence-electron chi connectivity index (χ2n) is 2.99. The Kier molecular flexibility index (Phi) is 4.14. The molecule has 0 fully saturated rings. The minimum absolute atomic E-state index is 0.285. The average molecular weight is 222 g/mol. The van der Waals surface area contributed by atoms with Gasteiger partial charge in [-0.2, -0.15) is 0 Å². The van der Waals surface area contributed by atoms with E-state index in [9.17, 15) is 9.59 Å². The molecule has 0 atom stereocenters. The van der Waals surface area contributed by atoms with Crippen LogP contribution < -0.4 is 21.3 Å². The van der Waals surface area contributed by atoms with Gasteiger partial charge in [-0.3, -0.25) is 0 Å². The summed E-state index contributed by atoms with van der Waals surface area (Å²) in [5.41, 5.74) is 1.31.